The molecular formula is C9H10INO2. The second-order valence-corrected chi connectivity index (χ2v) is 3.59. The number of rotatable bonds is 2. The molecule has 0 amide bonds. The van der Waals surface area contributed by atoms with Gasteiger partial charge in [0.05, 0.1) is 17.9 Å². The topological polar surface area (TPSA) is 39.2 Å². The highest BCUT2D eigenvalue weighted by Gasteiger charge is 2.10. The smallest absolute Gasteiger partial charge is 0.339 e. The first-order valence-corrected chi connectivity index (χ1v) is 5.03. The van der Waals surface area contributed by atoms with Crippen LogP contribution in [-0.2, 0) is 4.74 Å². The molecule has 1 aromatic heterocycles. The summed E-state index contributed by atoms with van der Waals surface area (Å²) in [6.07, 6.45) is 0. The van der Waals surface area contributed by atoms with Crippen LogP contribution in [0.1, 0.15) is 23.0 Å². The summed E-state index contributed by atoms with van der Waals surface area (Å²) in [6, 6.07) is 3.53. The molecule has 0 aromatic carbocycles. The molecule has 1 rings (SSSR count). The zero-order valence-corrected chi connectivity index (χ0v) is 9.66. The quantitative estimate of drug-likeness (QED) is 0.476. The van der Waals surface area contributed by atoms with Crippen molar-refractivity contribution in [1.82, 2.24) is 4.98 Å². The Hall–Kier alpha value is -0.650. The predicted octanol–water partition coefficient (Wildman–Crippen LogP) is 2.17. The van der Waals surface area contributed by atoms with Crippen molar-refractivity contribution in [1.29, 1.82) is 0 Å². The standard InChI is InChI=1S/C9H10INO2/c1-3-13-9(12)7-4-5-8(10)11-6(7)2/h4-5H,3H2,1-2H3. The number of pyridine rings is 1. The molecule has 0 fully saturated rings. The Balaban J connectivity index is 2.95. The fourth-order valence-corrected chi connectivity index (χ4v) is 1.50. The lowest BCUT2D eigenvalue weighted by atomic mass is 10.2. The first-order valence-electron chi connectivity index (χ1n) is 3.95. The summed E-state index contributed by atoms with van der Waals surface area (Å²) in [6.45, 7) is 3.98. The van der Waals surface area contributed by atoms with Gasteiger partial charge in [0.25, 0.3) is 0 Å². The van der Waals surface area contributed by atoms with E-state index in [-0.39, 0.29) is 5.97 Å². The highest BCUT2D eigenvalue weighted by atomic mass is 127. The van der Waals surface area contributed by atoms with Gasteiger partial charge < -0.3 is 4.74 Å². The number of halogens is 1. The van der Waals surface area contributed by atoms with Gasteiger partial charge in [0.1, 0.15) is 3.70 Å². The molecule has 0 atom stereocenters. The summed E-state index contributed by atoms with van der Waals surface area (Å²) in [5.74, 6) is -0.302. The van der Waals surface area contributed by atoms with Crippen molar-refractivity contribution >= 4 is 28.6 Å². The molecule has 0 saturated heterocycles. The number of aromatic nitrogens is 1. The molecule has 3 nitrogen and oxygen atoms in total. The normalized spacial score (nSPS) is 9.77. The van der Waals surface area contributed by atoms with Crippen LogP contribution in [0, 0.1) is 10.6 Å². The molecule has 13 heavy (non-hydrogen) atoms. The Labute approximate surface area is 90.6 Å². The lowest BCUT2D eigenvalue weighted by Gasteiger charge is -2.04. The summed E-state index contributed by atoms with van der Waals surface area (Å²) >= 11 is 2.10. The Kier molecular flexibility index (Phi) is 3.65. The highest BCUT2D eigenvalue weighted by Crippen LogP contribution is 2.09. The van der Waals surface area contributed by atoms with E-state index in [0.29, 0.717) is 17.9 Å². The highest BCUT2D eigenvalue weighted by molar-refractivity contribution is 14.1. The predicted molar refractivity (Wildman–Crippen MR) is 57.6 cm³/mol. The van der Waals surface area contributed by atoms with Crippen molar-refractivity contribution in [3.05, 3.63) is 27.1 Å². The first kappa shape index (κ1) is 10.4. The van der Waals surface area contributed by atoms with E-state index in [0.717, 1.165) is 3.70 Å². The van der Waals surface area contributed by atoms with Crippen molar-refractivity contribution in [3.63, 3.8) is 0 Å². The van der Waals surface area contributed by atoms with Gasteiger partial charge in [-0.3, -0.25) is 0 Å². The lowest BCUT2D eigenvalue weighted by molar-refractivity contribution is 0.0525. The summed E-state index contributed by atoms with van der Waals surface area (Å²) in [5.41, 5.74) is 1.26. The number of ether oxygens (including phenoxy) is 1. The van der Waals surface area contributed by atoms with Gasteiger partial charge in [0.15, 0.2) is 0 Å². The van der Waals surface area contributed by atoms with Crippen LogP contribution in [0.3, 0.4) is 0 Å². The third kappa shape index (κ3) is 2.65. The van der Waals surface area contributed by atoms with Gasteiger partial charge >= 0.3 is 5.97 Å². The molecule has 1 heterocycles. The fraction of sp³-hybridized carbons (Fsp3) is 0.333. The Morgan fingerprint density at radius 3 is 2.85 bits per heavy atom. The Morgan fingerprint density at radius 2 is 2.31 bits per heavy atom. The molecule has 0 aliphatic rings. The molecular weight excluding hydrogens is 281 g/mol. The van der Waals surface area contributed by atoms with Gasteiger partial charge in [0.2, 0.25) is 0 Å². The van der Waals surface area contributed by atoms with Crippen LogP contribution in [0.4, 0.5) is 0 Å². The Morgan fingerprint density at radius 1 is 1.62 bits per heavy atom. The second-order valence-electron chi connectivity index (χ2n) is 2.49. The molecule has 4 heteroatoms. The van der Waals surface area contributed by atoms with Gasteiger partial charge in [-0.25, -0.2) is 9.78 Å². The van der Waals surface area contributed by atoms with E-state index in [9.17, 15) is 4.79 Å². The molecule has 0 radical (unpaired) electrons. The van der Waals surface area contributed by atoms with Crippen LogP contribution in [0.5, 0.6) is 0 Å². The van der Waals surface area contributed by atoms with E-state index in [1.165, 1.54) is 0 Å². The van der Waals surface area contributed by atoms with E-state index >= 15 is 0 Å². The van der Waals surface area contributed by atoms with Crippen molar-refractivity contribution in [2.45, 2.75) is 13.8 Å². The van der Waals surface area contributed by atoms with Crippen molar-refractivity contribution < 1.29 is 9.53 Å². The van der Waals surface area contributed by atoms with E-state index in [4.69, 9.17) is 4.74 Å². The SMILES string of the molecule is CCOC(=O)c1ccc(I)nc1C. The fourth-order valence-electron chi connectivity index (χ4n) is 0.955. The molecule has 0 unspecified atom stereocenters. The van der Waals surface area contributed by atoms with Crippen molar-refractivity contribution in [2.75, 3.05) is 6.61 Å². The molecule has 0 spiro atoms. The van der Waals surface area contributed by atoms with Crippen LogP contribution in [0.25, 0.3) is 0 Å². The van der Waals surface area contributed by atoms with E-state index in [2.05, 4.69) is 27.6 Å². The minimum Gasteiger partial charge on any atom is -0.462 e. The summed E-state index contributed by atoms with van der Waals surface area (Å²) in [4.78, 5) is 15.5. The minimum atomic E-state index is -0.302. The number of aryl methyl sites for hydroxylation is 1. The molecule has 0 aliphatic heterocycles. The van der Waals surface area contributed by atoms with Crippen LogP contribution >= 0.6 is 22.6 Å². The number of carbonyl (C=O) groups is 1. The molecule has 70 valence electrons. The van der Waals surface area contributed by atoms with Crippen LogP contribution in [0.15, 0.2) is 12.1 Å². The summed E-state index contributed by atoms with van der Waals surface area (Å²) in [7, 11) is 0. The lowest BCUT2D eigenvalue weighted by Crippen LogP contribution is -2.08. The Bertz CT molecular complexity index is 325. The van der Waals surface area contributed by atoms with Crippen LogP contribution in [0.2, 0.25) is 0 Å². The van der Waals surface area contributed by atoms with Gasteiger partial charge in [0, 0.05) is 0 Å². The average molecular weight is 291 g/mol. The number of nitrogens with zero attached hydrogens (tertiary/aromatic N) is 1. The number of hydrogen-bond acceptors (Lipinski definition) is 3. The van der Waals surface area contributed by atoms with E-state index in [1.54, 1.807) is 26.0 Å². The molecule has 0 saturated carbocycles. The largest absolute Gasteiger partial charge is 0.462 e. The summed E-state index contributed by atoms with van der Waals surface area (Å²) < 4.78 is 5.75. The maximum atomic E-state index is 11.3. The van der Waals surface area contributed by atoms with Gasteiger partial charge in [-0.05, 0) is 48.6 Å². The number of hydrogen-bond donors (Lipinski definition) is 0. The molecule has 0 N–H and O–H groups in total. The minimum absolute atomic E-state index is 0.302. The molecule has 0 bridgehead atoms. The van der Waals surface area contributed by atoms with E-state index in [1.807, 2.05) is 0 Å². The zero-order valence-electron chi connectivity index (χ0n) is 7.50. The zero-order chi connectivity index (χ0) is 9.84. The number of esters is 1. The molecule has 1 aromatic rings. The third-order valence-electron chi connectivity index (χ3n) is 1.55. The molecule has 0 aliphatic carbocycles. The summed E-state index contributed by atoms with van der Waals surface area (Å²) in [5, 5.41) is 0. The average Bonchev–Trinajstić information content (AvgIpc) is 2.04. The van der Waals surface area contributed by atoms with Gasteiger partial charge in [-0.2, -0.15) is 0 Å². The van der Waals surface area contributed by atoms with Gasteiger partial charge in [-0.1, -0.05) is 0 Å². The maximum Gasteiger partial charge on any atom is 0.339 e. The monoisotopic (exact) mass is 291 g/mol. The van der Waals surface area contributed by atoms with Gasteiger partial charge in [-0.15, -0.1) is 0 Å². The second kappa shape index (κ2) is 4.55. The van der Waals surface area contributed by atoms with Crippen LogP contribution < -0.4 is 0 Å². The number of carbonyl (C=O) groups excluding carboxylic acids is 1. The van der Waals surface area contributed by atoms with Crippen molar-refractivity contribution in [2.24, 2.45) is 0 Å². The first-order chi connectivity index (χ1) is 6.15. The van der Waals surface area contributed by atoms with E-state index < -0.39 is 0 Å². The van der Waals surface area contributed by atoms with Crippen LogP contribution in [-0.4, -0.2) is 17.6 Å². The van der Waals surface area contributed by atoms with Crippen molar-refractivity contribution in [3.8, 4) is 0 Å². The third-order valence-corrected chi connectivity index (χ3v) is 2.15. The maximum absolute atomic E-state index is 11.3.